The number of hydrogen-bond acceptors (Lipinski definition) is 5. The zero-order valence-electron chi connectivity index (χ0n) is 17.0. The highest BCUT2D eigenvalue weighted by atomic mass is 16.7. The van der Waals surface area contributed by atoms with Gasteiger partial charge in [-0.05, 0) is 54.4 Å². The van der Waals surface area contributed by atoms with Crippen LogP contribution in [0.25, 0.3) is 0 Å². The molecule has 0 aromatic carbocycles. The summed E-state index contributed by atoms with van der Waals surface area (Å²) in [4.78, 5) is 0. The normalized spacial score (nSPS) is 55.2. The van der Waals surface area contributed by atoms with Crippen molar-refractivity contribution in [3.63, 3.8) is 0 Å². The van der Waals surface area contributed by atoms with Gasteiger partial charge in [-0.1, -0.05) is 13.8 Å². The van der Waals surface area contributed by atoms with Crippen LogP contribution in [-0.4, -0.2) is 59.0 Å². The largest absolute Gasteiger partial charge is 0.367 e. The molecule has 0 radical (unpaired) electrons. The first-order valence-corrected chi connectivity index (χ1v) is 9.79. The van der Waals surface area contributed by atoms with Crippen LogP contribution in [0.3, 0.4) is 0 Å². The van der Waals surface area contributed by atoms with Gasteiger partial charge in [0.1, 0.15) is 33.6 Å². The van der Waals surface area contributed by atoms with Gasteiger partial charge in [-0.25, -0.2) is 0 Å². The second-order valence-corrected chi connectivity index (χ2v) is 9.45. The minimum atomic E-state index is -0.572. The maximum atomic E-state index is 7.10. The molecule has 0 amide bonds. The topological polar surface area (TPSA) is 59.4 Å². The quantitative estimate of drug-likeness (QED) is 0.626. The van der Waals surface area contributed by atoms with Crippen molar-refractivity contribution in [1.29, 1.82) is 0 Å². The average molecular weight is 354 g/mol. The van der Waals surface area contributed by atoms with Crippen molar-refractivity contribution in [3.05, 3.63) is 0 Å². The third-order valence-electron chi connectivity index (χ3n) is 8.11. The molecule has 0 aliphatic carbocycles. The highest BCUT2D eigenvalue weighted by molar-refractivity contribution is 5.28. The van der Waals surface area contributed by atoms with Gasteiger partial charge in [0.25, 0.3) is 0 Å². The lowest BCUT2D eigenvalue weighted by molar-refractivity contribution is -0.239. The van der Waals surface area contributed by atoms with E-state index in [0.29, 0.717) is 13.2 Å². The Bertz CT molecular complexity index is 535. The zero-order valence-corrected chi connectivity index (χ0v) is 17.0. The Morgan fingerprint density at radius 2 is 1.12 bits per heavy atom. The van der Waals surface area contributed by atoms with E-state index in [2.05, 4.69) is 55.4 Å². The Balaban J connectivity index is 1.71. The molecule has 4 rings (SSSR count). The van der Waals surface area contributed by atoms with E-state index >= 15 is 0 Å². The molecule has 0 aromatic rings. The highest BCUT2D eigenvalue weighted by Crippen LogP contribution is 2.64. The van der Waals surface area contributed by atoms with Crippen LogP contribution >= 0.6 is 0 Å². The molecule has 5 heteroatoms. The Morgan fingerprint density at radius 1 is 0.800 bits per heavy atom. The van der Waals surface area contributed by atoms with Crippen LogP contribution in [0.2, 0.25) is 0 Å². The summed E-state index contributed by atoms with van der Waals surface area (Å²) in [6, 6.07) is 0. The van der Waals surface area contributed by atoms with Crippen molar-refractivity contribution >= 4 is 0 Å². The molecule has 0 aromatic heterocycles. The lowest BCUT2D eigenvalue weighted by Crippen LogP contribution is -2.66. The third kappa shape index (κ3) is 2.08. The van der Waals surface area contributed by atoms with Gasteiger partial charge >= 0.3 is 0 Å². The molecule has 0 bridgehead atoms. The molecular weight excluding hydrogens is 320 g/mol. The number of ether oxygens (including phenoxy) is 5. The van der Waals surface area contributed by atoms with Crippen molar-refractivity contribution in [2.24, 2.45) is 0 Å². The molecule has 4 heterocycles. The molecular formula is C20H34O5. The molecule has 25 heavy (non-hydrogen) atoms. The second kappa shape index (κ2) is 4.79. The van der Waals surface area contributed by atoms with Crippen molar-refractivity contribution < 1.29 is 23.7 Å². The number of rotatable bonds is 8. The van der Waals surface area contributed by atoms with Crippen LogP contribution in [0.5, 0.6) is 0 Å². The number of hydrogen-bond donors (Lipinski definition) is 0. The summed E-state index contributed by atoms with van der Waals surface area (Å²) in [5, 5.41) is 0. The summed E-state index contributed by atoms with van der Waals surface area (Å²) in [6.45, 7) is 18.6. The molecule has 0 spiro atoms. The number of epoxide rings is 4. The summed E-state index contributed by atoms with van der Waals surface area (Å²) in [6.07, 6.45) is 2.35. The molecule has 4 aliphatic rings. The summed E-state index contributed by atoms with van der Waals surface area (Å²) >= 11 is 0. The predicted molar refractivity (Wildman–Crippen MR) is 93.7 cm³/mol. The minimum absolute atomic E-state index is 0.200. The summed E-state index contributed by atoms with van der Waals surface area (Å²) < 4.78 is 31.2. The van der Waals surface area contributed by atoms with Crippen LogP contribution in [0.1, 0.15) is 68.2 Å². The van der Waals surface area contributed by atoms with E-state index < -0.39 is 11.2 Å². The van der Waals surface area contributed by atoms with E-state index in [9.17, 15) is 0 Å². The first kappa shape index (κ1) is 18.2. The summed E-state index contributed by atoms with van der Waals surface area (Å²) in [7, 11) is 0. The highest BCUT2D eigenvalue weighted by Gasteiger charge is 2.81. The summed E-state index contributed by atoms with van der Waals surface area (Å²) in [5.74, 6) is 0. The van der Waals surface area contributed by atoms with Crippen LogP contribution in [0, 0.1) is 0 Å². The Labute approximate surface area is 151 Å². The van der Waals surface area contributed by atoms with Crippen LogP contribution < -0.4 is 0 Å². The fourth-order valence-corrected chi connectivity index (χ4v) is 4.95. The van der Waals surface area contributed by atoms with Gasteiger partial charge in [0.05, 0.1) is 25.4 Å². The Kier molecular flexibility index (Phi) is 3.49. The van der Waals surface area contributed by atoms with E-state index in [4.69, 9.17) is 23.7 Å². The van der Waals surface area contributed by atoms with E-state index in [-0.39, 0.29) is 34.6 Å². The van der Waals surface area contributed by atoms with Gasteiger partial charge in [-0.3, -0.25) is 0 Å². The Hall–Kier alpha value is -0.200. The monoisotopic (exact) mass is 354 g/mol. The third-order valence-corrected chi connectivity index (χ3v) is 8.11. The zero-order chi connectivity index (χ0) is 18.5. The molecule has 144 valence electrons. The Morgan fingerprint density at radius 3 is 1.32 bits per heavy atom. The van der Waals surface area contributed by atoms with E-state index in [1.807, 2.05) is 0 Å². The second-order valence-electron chi connectivity index (χ2n) is 9.45. The molecule has 4 fully saturated rings. The SMILES string of the molecule is CCC1OC1(C)C(C)(OC(C)(C1(C)CO1)C1(C)OC1CC)C1(C)CO1. The fraction of sp³-hybridized carbons (Fsp3) is 1.00. The van der Waals surface area contributed by atoms with Crippen molar-refractivity contribution in [1.82, 2.24) is 0 Å². The van der Waals surface area contributed by atoms with E-state index in [1.165, 1.54) is 0 Å². The van der Waals surface area contributed by atoms with E-state index in [1.54, 1.807) is 0 Å². The van der Waals surface area contributed by atoms with Crippen LogP contribution in [0.4, 0.5) is 0 Å². The minimum Gasteiger partial charge on any atom is -0.367 e. The fourth-order valence-electron chi connectivity index (χ4n) is 4.95. The first-order chi connectivity index (χ1) is 11.5. The van der Waals surface area contributed by atoms with Crippen molar-refractivity contribution in [3.8, 4) is 0 Å². The van der Waals surface area contributed by atoms with Crippen molar-refractivity contribution in [2.45, 2.75) is 114 Å². The molecule has 8 atom stereocenters. The molecule has 4 aliphatic heterocycles. The van der Waals surface area contributed by atoms with E-state index in [0.717, 1.165) is 12.8 Å². The van der Waals surface area contributed by atoms with Crippen molar-refractivity contribution in [2.75, 3.05) is 13.2 Å². The van der Waals surface area contributed by atoms with Crippen LogP contribution in [-0.2, 0) is 23.7 Å². The maximum Gasteiger partial charge on any atom is 0.128 e. The molecule has 0 N–H and O–H groups in total. The molecule has 8 unspecified atom stereocenters. The smallest absolute Gasteiger partial charge is 0.128 e. The van der Waals surface area contributed by atoms with Gasteiger partial charge in [0.2, 0.25) is 0 Å². The average Bonchev–Trinajstić information content (AvgIpc) is 3.35. The lowest BCUT2D eigenvalue weighted by Gasteiger charge is -2.48. The molecule has 0 saturated carbocycles. The van der Waals surface area contributed by atoms with Gasteiger partial charge in [0, 0.05) is 0 Å². The lowest BCUT2D eigenvalue weighted by atomic mass is 9.72. The summed E-state index contributed by atoms with van der Waals surface area (Å²) in [5.41, 5.74) is -2.54. The molecule has 5 nitrogen and oxygen atoms in total. The van der Waals surface area contributed by atoms with Gasteiger partial charge < -0.3 is 23.7 Å². The maximum absolute atomic E-state index is 7.10. The standard InChI is InChI=1S/C20H34O5/c1-9-13-17(5,23-13)19(7,15(3)11-21-15)25-20(8,16(4)12-22-16)18(6)14(10-2)24-18/h13-14H,9-12H2,1-8H3. The predicted octanol–water partition coefficient (Wildman–Crippen LogP) is 3.23. The van der Waals surface area contributed by atoms with Gasteiger partial charge in [-0.15, -0.1) is 0 Å². The molecule has 4 saturated heterocycles. The van der Waals surface area contributed by atoms with Crippen LogP contribution in [0.15, 0.2) is 0 Å². The first-order valence-electron chi connectivity index (χ1n) is 9.79. The van der Waals surface area contributed by atoms with Gasteiger partial charge in [0.15, 0.2) is 0 Å². The van der Waals surface area contributed by atoms with Gasteiger partial charge in [-0.2, -0.15) is 0 Å².